The van der Waals surface area contributed by atoms with Crippen molar-refractivity contribution in [2.24, 2.45) is 0 Å². The first-order valence-electron chi connectivity index (χ1n) is 5.50. The fourth-order valence-electron chi connectivity index (χ4n) is 1.85. The molecular weight excluding hydrogens is 274 g/mol. The molecule has 1 N–H and O–H groups in total. The quantitative estimate of drug-likeness (QED) is 0.931. The molecule has 0 bridgehead atoms. The zero-order chi connectivity index (χ0) is 14.0. The van der Waals surface area contributed by atoms with Crippen LogP contribution < -0.4 is 4.74 Å². The van der Waals surface area contributed by atoms with Crippen LogP contribution in [-0.2, 0) is 0 Å². The average Bonchev–Trinajstić information content (AvgIpc) is 2.38. The van der Waals surface area contributed by atoms with E-state index in [-0.39, 0.29) is 5.56 Å². The minimum atomic E-state index is -1.49. The van der Waals surface area contributed by atoms with Gasteiger partial charge in [0.1, 0.15) is 23.5 Å². The van der Waals surface area contributed by atoms with Crippen LogP contribution in [0, 0.1) is 11.6 Å². The number of hydrogen-bond acceptors (Lipinski definition) is 2. The highest BCUT2D eigenvalue weighted by Crippen LogP contribution is 2.34. The largest absolute Gasteiger partial charge is 0.496 e. The number of rotatable bonds is 3. The molecule has 0 aliphatic rings. The molecule has 0 amide bonds. The van der Waals surface area contributed by atoms with Gasteiger partial charge in [0, 0.05) is 10.6 Å². The fraction of sp³-hybridized carbons (Fsp3) is 0.143. The van der Waals surface area contributed by atoms with Crippen molar-refractivity contribution in [2.75, 3.05) is 7.11 Å². The molecule has 0 radical (unpaired) electrons. The molecule has 0 saturated carbocycles. The first kappa shape index (κ1) is 13.8. The second-order valence-electron chi connectivity index (χ2n) is 3.92. The molecule has 2 aromatic rings. The van der Waals surface area contributed by atoms with E-state index in [0.717, 1.165) is 12.1 Å². The summed E-state index contributed by atoms with van der Waals surface area (Å²) in [5, 5.41) is 10.5. The zero-order valence-electron chi connectivity index (χ0n) is 10.0. The smallest absolute Gasteiger partial charge is 0.132 e. The maximum absolute atomic E-state index is 13.6. The third kappa shape index (κ3) is 2.69. The first-order chi connectivity index (χ1) is 9.04. The number of benzene rings is 2. The van der Waals surface area contributed by atoms with Gasteiger partial charge in [0.15, 0.2) is 0 Å². The van der Waals surface area contributed by atoms with Crippen molar-refractivity contribution in [3.63, 3.8) is 0 Å². The monoisotopic (exact) mass is 284 g/mol. The van der Waals surface area contributed by atoms with Gasteiger partial charge in [-0.1, -0.05) is 17.7 Å². The lowest BCUT2D eigenvalue weighted by molar-refractivity contribution is 0.204. The lowest BCUT2D eigenvalue weighted by atomic mass is 9.99. The highest BCUT2D eigenvalue weighted by molar-refractivity contribution is 6.30. The highest BCUT2D eigenvalue weighted by atomic mass is 35.5. The Hall–Kier alpha value is -1.65. The van der Waals surface area contributed by atoms with Gasteiger partial charge in [-0.05, 0) is 30.3 Å². The maximum atomic E-state index is 13.6. The van der Waals surface area contributed by atoms with E-state index in [2.05, 4.69) is 0 Å². The van der Waals surface area contributed by atoms with Gasteiger partial charge < -0.3 is 9.84 Å². The molecule has 2 rings (SSSR count). The standard InChI is InChI=1S/C14H11ClF2O2/c1-19-12-6-5-8(15)7-9(12)14(18)13-10(16)3-2-4-11(13)17/h2-7,14,18H,1H3. The summed E-state index contributed by atoms with van der Waals surface area (Å²) in [7, 11) is 1.40. The van der Waals surface area contributed by atoms with E-state index in [4.69, 9.17) is 16.3 Å². The Bertz CT molecular complexity index is 582. The lowest BCUT2D eigenvalue weighted by Crippen LogP contribution is -2.07. The second-order valence-corrected chi connectivity index (χ2v) is 4.36. The van der Waals surface area contributed by atoms with Gasteiger partial charge in [-0.25, -0.2) is 8.78 Å². The van der Waals surface area contributed by atoms with Crippen molar-refractivity contribution in [3.05, 3.63) is 64.2 Å². The number of halogens is 3. The van der Waals surface area contributed by atoms with E-state index in [1.54, 1.807) is 6.07 Å². The molecule has 0 heterocycles. The number of methoxy groups -OCH3 is 1. The number of ether oxygens (including phenoxy) is 1. The number of aliphatic hydroxyl groups is 1. The summed E-state index contributed by atoms with van der Waals surface area (Å²) in [4.78, 5) is 0. The minimum absolute atomic E-state index is 0.207. The molecule has 0 spiro atoms. The topological polar surface area (TPSA) is 29.5 Å². The van der Waals surface area contributed by atoms with Gasteiger partial charge in [0.2, 0.25) is 0 Å². The van der Waals surface area contributed by atoms with Crippen LogP contribution in [0.3, 0.4) is 0 Å². The fourth-order valence-corrected chi connectivity index (χ4v) is 2.03. The molecule has 0 fully saturated rings. The Kier molecular flexibility index (Phi) is 4.02. The third-order valence-electron chi connectivity index (χ3n) is 2.76. The Balaban J connectivity index is 2.55. The van der Waals surface area contributed by atoms with Crippen molar-refractivity contribution in [2.45, 2.75) is 6.10 Å². The summed E-state index contributed by atoms with van der Waals surface area (Å²) in [5.74, 6) is -1.34. The molecule has 0 aliphatic carbocycles. The molecule has 5 heteroatoms. The van der Waals surface area contributed by atoms with Gasteiger partial charge >= 0.3 is 0 Å². The Morgan fingerprint density at radius 1 is 1.16 bits per heavy atom. The van der Waals surface area contributed by atoms with Crippen LogP contribution in [0.5, 0.6) is 5.75 Å². The molecule has 2 aromatic carbocycles. The molecule has 0 saturated heterocycles. The van der Waals surface area contributed by atoms with E-state index in [1.165, 1.54) is 25.3 Å². The van der Waals surface area contributed by atoms with Gasteiger partial charge in [-0.15, -0.1) is 0 Å². The Morgan fingerprint density at radius 2 is 1.79 bits per heavy atom. The first-order valence-corrected chi connectivity index (χ1v) is 5.87. The van der Waals surface area contributed by atoms with Gasteiger partial charge in [-0.3, -0.25) is 0 Å². The van der Waals surface area contributed by atoms with Crippen LogP contribution in [-0.4, -0.2) is 12.2 Å². The van der Waals surface area contributed by atoms with E-state index in [0.29, 0.717) is 10.8 Å². The third-order valence-corrected chi connectivity index (χ3v) is 2.99. The van der Waals surface area contributed by atoms with Crippen molar-refractivity contribution in [3.8, 4) is 5.75 Å². The molecule has 1 unspecified atom stereocenters. The van der Waals surface area contributed by atoms with E-state index < -0.39 is 23.3 Å². The normalized spacial score (nSPS) is 12.3. The molecule has 0 aromatic heterocycles. The molecule has 100 valence electrons. The SMILES string of the molecule is COc1ccc(Cl)cc1C(O)c1c(F)cccc1F. The minimum Gasteiger partial charge on any atom is -0.496 e. The van der Waals surface area contributed by atoms with E-state index >= 15 is 0 Å². The van der Waals surface area contributed by atoms with E-state index in [1.807, 2.05) is 0 Å². The summed E-state index contributed by atoms with van der Waals surface area (Å²) in [6.07, 6.45) is -1.49. The summed E-state index contributed by atoms with van der Waals surface area (Å²) in [6, 6.07) is 7.90. The molecule has 19 heavy (non-hydrogen) atoms. The van der Waals surface area contributed by atoms with Gasteiger partial charge in [0.05, 0.1) is 12.7 Å². The van der Waals surface area contributed by atoms with Gasteiger partial charge in [-0.2, -0.15) is 0 Å². The Morgan fingerprint density at radius 3 is 2.37 bits per heavy atom. The lowest BCUT2D eigenvalue weighted by Gasteiger charge is -2.16. The van der Waals surface area contributed by atoms with Crippen molar-refractivity contribution >= 4 is 11.6 Å². The summed E-state index contributed by atoms with van der Waals surface area (Å²) in [6.45, 7) is 0. The van der Waals surface area contributed by atoms with Crippen LogP contribution in [0.1, 0.15) is 17.2 Å². The zero-order valence-corrected chi connectivity index (χ0v) is 10.8. The van der Waals surface area contributed by atoms with Crippen LogP contribution in [0.15, 0.2) is 36.4 Å². The summed E-state index contributed by atoms with van der Waals surface area (Å²) >= 11 is 5.83. The molecular formula is C14H11ClF2O2. The number of hydrogen-bond donors (Lipinski definition) is 1. The highest BCUT2D eigenvalue weighted by Gasteiger charge is 2.22. The van der Waals surface area contributed by atoms with Crippen LogP contribution in [0.25, 0.3) is 0 Å². The maximum Gasteiger partial charge on any atom is 0.132 e. The molecule has 0 aliphatic heterocycles. The predicted molar refractivity (Wildman–Crippen MR) is 68.4 cm³/mol. The van der Waals surface area contributed by atoms with Gasteiger partial charge in [0.25, 0.3) is 0 Å². The molecule has 1 atom stereocenters. The van der Waals surface area contributed by atoms with Crippen LogP contribution >= 0.6 is 11.6 Å². The van der Waals surface area contributed by atoms with E-state index in [9.17, 15) is 13.9 Å². The average molecular weight is 285 g/mol. The van der Waals surface area contributed by atoms with Crippen LogP contribution in [0.4, 0.5) is 8.78 Å². The van der Waals surface area contributed by atoms with Crippen molar-refractivity contribution in [1.29, 1.82) is 0 Å². The summed E-state index contributed by atoms with van der Waals surface area (Å²) < 4.78 is 32.4. The Labute approximate surface area is 114 Å². The summed E-state index contributed by atoms with van der Waals surface area (Å²) in [5.41, 5.74) is -0.220. The second kappa shape index (κ2) is 5.55. The van der Waals surface area contributed by atoms with Crippen LogP contribution in [0.2, 0.25) is 5.02 Å². The predicted octanol–water partition coefficient (Wildman–Crippen LogP) is 3.71. The van der Waals surface area contributed by atoms with Crippen molar-refractivity contribution in [1.82, 2.24) is 0 Å². The molecule has 2 nitrogen and oxygen atoms in total. The number of aliphatic hydroxyl groups excluding tert-OH is 1. The van der Waals surface area contributed by atoms with Crippen molar-refractivity contribution < 1.29 is 18.6 Å².